The third-order valence-corrected chi connectivity index (χ3v) is 3.03. The molecule has 2 aromatic rings. The molecule has 1 unspecified atom stereocenters. The minimum atomic E-state index is -0.339. The summed E-state index contributed by atoms with van der Waals surface area (Å²) in [4.78, 5) is 0. The van der Waals surface area contributed by atoms with Crippen LogP contribution in [-0.4, -0.2) is 9.67 Å². The number of nitrogens with zero attached hydrogens (tertiary/aromatic N) is 1. The lowest BCUT2D eigenvalue weighted by Crippen LogP contribution is -1.97. The highest BCUT2D eigenvalue weighted by Crippen LogP contribution is 2.17. The van der Waals surface area contributed by atoms with Gasteiger partial charge in [-0.3, -0.25) is 0 Å². The average Bonchev–Trinajstić information content (AvgIpc) is 2.80. The number of hydrogen-bond acceptors (Lipinski definition) is 1. The van der Waals surface area contributed by atoms with Gasteiger partial charge in [-0.05, 0) is 30.5 Å². The van der Waals surface area contributed by atoms with Gasteiger partial charge < -0.3 is 9.67 Å². The van der Waals surface area contributed by atoms with E-state index in [2.05, 4.69) is 35.8 Å². The van der Waals surface area contributed by atoms with Crippen molar-refractivity contribution in [2.75, 3.05) is 0 Å². The summed E-state index contributed by atoms with van der Waals surface area (Å²) in [6, 6.07) is 10.5. The highest BCUT2D eigenvalue weighted by atomic mass is 16.3. The van der Waals surface area contributed by atoms with Gasteiger partial charge in [-0.25, -0.2) is 0 Å². The Kier molecular flexibility index (Phi) is 3.64. The van der Waals surface area contributed by atoms with Crippen LogP contribution in [0.15, 0.2) is 42.7 Å². The Morgan fingerprint density at radius 3 is 2.53 bits per heavy atom. The second-order valence-electron chi connectivity index (χ2n) is 4.53. The molecular formula is C15H19NO. The van der Waals surface area contributed by atoms with Gasteiger partial charge in [0.2, 0.25) is 0 Å². The molecule has 0 spiro atoms. The smallest absolute Gasteiger partial charge is 0.0802 e. The van der Waals surface area contributed by atoms with E-state index in [4.69, 9.17) is 0 Å². The lowest BCUT2D eigenvalue weighted by molar-refractivity contribution is 0.173. The van der Waals surface area contributed by atoms with Crippen molar-refractivity contribution in [2.45, 2.75) is 32.9 Å². The van der Waals surface area contributed by atoms with Crippen LogP contribution in [0.2, 0.25) is 0 Å². The molecule has 1 atom stereocenters. The van der Waals surface area contributed by atoms with Crippen LogP contribution >= 0.6 is 0 Å². The van der Waals surface area contributed by atoms with E-state index in [1.165, 1.54) is 11.1 Å². The molecule has 0 saturated carbocycles. The fourth-order valence-electron chi connectivity index (χ4n) is 1.89. The molecule has 0 saturated heterocycles. The number of aliphatic hydroxyl groups is 1. The molecule has 2 rings (SSSR count). The predicted octanol–water partition coefficient (Wildman–Crippen LogP) is 3.29. The van der Waals surface area contributed by atoms with Gasteiger partial charge in [0.1, 0.15) is 0 Å². The Morgan fingerprint density at radius 2 is 1.88 bits per heavy atom. The second-order valence-corrected chi connectivity index (χ2v) is 4.53. The lowest BCUT2D eigenvalue weighted by atomic mass is 10.1. The monoisotopic (exact) mass is 229 g/mol. The fourth-order valence-corrected chi connectivity index (χ4v) is 1.89. The number of benzene rings is 1. The highest BCUT2D eigenvalue weighted by Gasteiger charge is 2.06. The Morgan fingerprint density at radius 1 is 1.18 bits per heavy atom. The van der Waals surface area contributed by atoms with Crippen molar-refractivity contribution < 1.29 is 5.11 Å². The number of hydrogen-bond donors (Lipinski definition) is 1. The number of rotatable bonds is 4. The third kappa shape index (κ3) is 2.98. The zero-order chi connectivity index (χ0) is 12.3. The highest BCUT2D eigenvalue weighted by molar-refractivity contribution is 5.22. The van der Waals surface area contributed by atoms with E-state index in [9.17, 15) is 5.11 Å². The minimum absolute atomic E-state index is 0.339. The van der Waals surface area contributed by atoms with Crippen molar-refractivity contribution in [1.29, 1.82) is 0 Å². The van der Waals surface area contributed by atoms with Crippen molar-refractivity contribution in [3.05, 3.63) is 59.4 Å². The van der Waals surface area contributed by atoms with Gasteiger partial charge in [0.15, 0.2) is 0 Å². The van der Waals surface area contributed by atoms with E-state index < -0.39 is 0 Å². The molecule has 0 fully saturated rings. The molecule has 1 heterocycles. The zero-order valence-corrected chi connectivity index (χ0v) is 10.4. The molecule has 0 bridgehead atoms. The summed E-state index contributed by atoms with van der Waals surface area (Å²) in [5.41, 5.74) is 3.56. The van der Waals surface area contributed by atoms with E-state index >= 15 is 0 Å². The van der Waals surface area contributed by atoms with E-state index in [1.54, 1.807) is 0 Å². The van der Waals surface area contributed by atoms with Crippen molar-refractivity contribution in [2.24, 2.45) is 0 Å². The molecule has 0 aliphatic carbocycles. The normalized spacial score (nSPS) is 12.6. The van der Waals surface area contributed by atoms with Gasteiger partial charge in [0, 0.05) is 18.9 Å². The first-order valence-electron chi connectivity index (χ1n) is 6.08. The maximum atomic E-state index is 9.73. The van der Waals surface area contributed by atoms with Crippen molar-refractivity contribution in [3.63, 3.8) is 0 Å². The molecule has 2 heteroatoms. The summed E-state index contributed by atoms with van der Waals surface area (Å²) in [6.07, 6.45) is 4.46. The summed E-state index contributed by atoms with van der Waals surface area (Å²) in [6.45, 7) is 4.94. The average molecular weight is 229 g/mol. The number of aromatic nitrogens is 1. The largest absolute Gasteiger partial charge is 0.388 e. The maximum absolute atomic E-state index is 9.73. The van der Waals surface area contributed by atoms with Gasteiger partial charge in [0.25, 0.3) is 0 Å². The molecule has 0 radical (unpaired) electrons. The van der Waals surface area contributed by atoms with Crippen LogP contribution in [0, 0.1) is 6.92 Å². The molecule has 1 aromatic heterocycles. The van der Waals surface area contributed by atoms with E-state index in [1.807, 2.05) is 25.4 Å². The molecule has 0 aliphatic rings. The van der Waals surface area contributed by atoms with Crippen molar-refractivity contribution in [3.8, 4) is 0 Å². The first-order chi connectivity index (χ1) is 8.19. The predicted molar refractivity (Wildman–Crippen MR) is 70.0 cm³/mol. The molecule has 2 nitrogen and oxygen atoms in total. The van der Waals surface area contributed by atoms with Gasteiger partial charge in [-0.15, -0.1) is 0 Å². The van der Waals surface area contributed by atoms with Crippen LogP contribution in [0.3, 0.4) is 0 Å². The zero-order valence-electron chi connectivity index (χ0n) is 10.4. The van der Waals surface area contributed by atoms with E-state index in [-0.39, 0.29) is 6.10 Å². The molecule has 17 heavy (non-hydrogen) atoms. The Bertz CT molecular complexity index is 470. The summed E-state index contributed by atoms with van der Waals surface area (Å²) >= 11 is 0. The Balaban J connectivity index is 2.08. The van der Waals surface area contributed by atoms with Crippen LogP contribution in [0.4, 0.5) is 0 Å². The van der Waals surface area contributed by atoms with Crippen LogP contribution in [0.1, 0.15) is 36.1 Å². The SMILES string of the molecule is CCC(O)c1ccn(Cc2ccc(C)cc2)c1. The van der Waals surface area contributed by atoms with Crippen molar-refractivity contribution >= 4 is 0 Å². The summed E-state index contributed by atoms with van der Waals surface area (Å²) in [5, 5.41) is 9.73. The molecular weight excluding hydrogens is 210 g/mol. The molecule has 90 valence electrons. The summed E-state index contributed by atoms with van der Waals surface area (Å²) in [7, 11) is 0. The molecule has 1 N–H and O–H groups in total. The van der Waals surface area contributed by atoms with Crippen LogP contribution < -0.4 is 0 Å². The van der Waals surface area contributed by atoms with Gasteiger partial charge in [0.05, 0.1) is 6.10 Å². The Labute approximate surface area is 103 Å². The first-order valence-corrected chi connectivity index (χ1v) is 6.08. The minimum Gasteiger partial charge on any atom is -0.388 e. The van der Waals surface area contributed by atoms with Gasteiger partial charge >= 0.3 is 0 Å². The summed E-state index contributed by atoms with van der Waals surface area (Å²) < 4.78 is 2.11. The van der Waals surface area contributed by atoms with Crippen LogP contribution in [0.5, 0.6) is 0 Å². The summed E-state index contributed by atoms with van der Waals surface area (Å²) in [5.74, 6) is 0. The molecule has 0 aliphatic heterocycles. The second kappa shape index (κ2) is 5.19. The van der Waals surface area contributed by atoms with Crippen molar-refractivity contribution in [1.82, 2.24) is 4.57 Å². The third-order valence-electron chi connectivity index (χ3n) is 3.03. The fraction of sp³-hybridized carbons (Fsp3) is 0.333. The van der Waals surface area contributed by atoms with Crippen LogP contribution in [-0.2, 0) is 6.54 Å². The Hall–Kier alpha value is -1.54. The van der Waals surface area contributed by atoms with Crippen LogP contribution in [0.25, 0.3) is 0 Å². The van der Waals surface area contributed by atoms with E-state index in [0.29, 0.717) is 0 Å². The van der Waals surface area contributed by atoms with Gasteiger partial charge in [-0.1, -0.05) is 36.8 Å². The van der Waals surface area contributed by atoms with Gasteiger partial charge in [-0.2, -0.15) is 0 Å². The lowest BCUT2D eigenvalue weighted by Gasteiger charge is -2.05. The standard InChI is InChI=1S/C15H19NO/c1-3-15(17)14-8-9-16(11-14)10-13-6-4-12(2)5-7-13/h4-9,11,15,17H,3,10H2,1-2H3. The molecule has 1 aromatic carbocycles. The first kappa shape index (κ1) is 11.9. The number of aliphatic hydroxyl groups excluding tert-OH is 1. The topological polar surface area (TPSA) is 25.2 Å². The maximum Gasteiger partial charge on any atom is 0.0802 e. The number of aryl methyl sites for hydroxylation is 1. The molecule has 0 amide bonds. The quantitative estimate of drug-likeness (QED) is 0.855. The van der Waals surface area contributed by atoms with E-state index in [0.717, 1.165) is 18.5 Å².